The molecule has 1 atom stereocenters. The summed E-state index contributed by atoms with van der Waals surface area (Å²) >= 11 is 0. The summed E-state index contributed by atoms with van der Waals surface area (Å²) in [6.45, 7) is 4.99. The molecule has 1 amide bonds. The molecule has 4 heterocycles. The van der Waals surface area contributed by atoms with Gasteiger partial charge in [-0.15, -0.1) is 5.10 Å². The fraction of sp³-hybridized carbons (Fsp3) is 0.300. The Hall–Kier alpha value is -4.20. The van der Waals surface area contributed by atoms with Crippen molar-refractivity contribution in [2.75, 3.05) is 35.7 Å². The van der Waals surface area contributed by atoms with E-state index in [4.69, 9.17) is 10.00 Å². The van der Waals surface area contributed by atoms with Crippen molar-refractivity contribution in [2.24, 2.45) is 0 Å². The van der Waals surface area contributed by atoms with Crippen LogP contribution >= 0.6 is 0 Å². The second-order valence-corrected chi connectivity index (χ2v) is 6.94. The van der Waals surface area contributed by atoms with Crippen molar-refractivity contribution < 1.29 is 9.53 Å². The van der Waals surface area contributed by atoms with Gasteiger partial charge in [0, 0.05) is 19.1 Å². The molecular formula is C20H21N9O2. The van der Waals surface area contributed by atoms with E-state index in [9.17, 15) is 4.79 Å². The number of aromatic nitrogens is 5. The Morgan fingerprint density at radius 1 is 1.39 bits per heavy atom. The van der Waals surface area contributed by atoms with E-state index in [0.29, 0.717) is 18.1 Å². The zero-order valence-corrected chi connectivity index (χ0v) is 16.9. The number of carbonyl (C=O) groups is 1. The van der Waals surface area contributed by atoms with Crippen LogP contribution in [0.4, 0.5) is 17.7 Å². The molecular weight excluding hydrogens is 398 g/mol. The van der Waals surface area contributed by atoms with E-state index in [1.165, 1.54) is 19.4 Å². The van der Waals surface area contributed by atoms with Crippen molar-refractivity contribution >= 4 is 29.3 Å². The number of pyridine rings is 1. The SMILES string of the molecule is C=CC(=O)Nc1nc2cccc(N3CCCC(Nc4ncc(C#N)c(OC)n4)C3)n2n1. The van der Waals surface area contributed by atoms with Crippen molar-refractivity contribution in [3.05, 3.63) is 42.6 Å². The van der Waals surface area contributed by atoms with Crippen LogP contribution in [0.25, 0.3) is 5.65 Å². The lowest BCUT2D eigenvalue weighted by Crippen LogP contribution is -2.43. The summed E-state index contributed by atoms with van der Waals surface area (Å²) in [4.78, 5) is 26.6. The average Bonchev–Trinajstić information content (AvgIpc) is 3.21. The topological polar surface area (TPSA) is 133 Å². The highest BCUT2D eigenvalue weighted by Gasteiger charge is 2.23. The summed E-state index contributed by atoms with van der Waals surface area (Å²) in [5.41, 5.74) is 0.919. The number of nitriles is 1. The number of hydrogen-bond acceptors (Lipinski definition) is 9. The normalized spacial score (nSPS) is 15.9. The van der Waals surface area contributed by atoms with Crippen LogP contribution < -0.4 is 20.3 Å². The minimum atomic E-state index is -0.363. The summed E-state index contributed by atoms with van der Waals surface area (Å²) in [7, 11) is 1.47. The smallest absolute Gasteiger partial charge is 0.250 e. The van der Waals surface area contributed by atoms with Crippen LogP contribution in [-0.4, -0.2) is 56.7 Å². The van der Waals surface area contributed by atoms with Gasteiger partial charge in [0.25, 0.3) is 0 Å². The third kappa shape index (κ3) is 4.23. The first kappa shape index (κ1) is 20.1. The molecule has 0 aliphatic carbocycles. The molecule has 3 aromatic heterocycles. The molecule has 1 fully saturated rings. The third-order valence-corrected chi connectivity index (χ3v) is 4.91. The maximum absolute atomic E-state index is 11.6. The molecule has 4 rings (SSSR count). The minimum absolute atomic E-state index is 0.0881. The summed E-state index contributed by atoms with van der Waals surface area (Å²) in [6, 6.07) is 7.79. The molecule has 1 aliphatic rings. The van der Waals surface area contributed by atoms with Gasteiger partial charge >= 0.3 is 0 Å². The monoisotopic (exact) mass is 419 g/mol. The molecule has 0 saturated carbocycles. The molecule has 0 bridgehead atoms. The largest absolute Gasteiger partial charge is 0.480 e. The molecule has 1 unspecified atom stereocenters. The molecule has 11 heteroatoms. The van der Waals surface area contributed by atoms with Crippen LogP contribution in [0.5, 0.6) is 5.88 Å². The standard InChI is InChI=1S/C20H21N9O2/c1-3-16(30)25-20-24-15-7-4-8-17(29(15)27-20)28-9-5-6-14(12-28)23-19-22-11-13(10-21)18(26-19)31-2/h3-4,7-8,11,14H,1,5-6,9,12H2,2H3,(H,22,23,26)(H,25,27,30). The van der Waals surface area contributed by atoms with E-state index in [1.807, 2.05) is 24.3 Å². The second kappa shape index (κ2) is 8.66. The molecule has 0 spiro atoms. The van der Waals surface area contributed by atoms with Crippen molar-refractivity contribution in [1.82, 2.24) is 24.6 Å². The van der Waals surface area contributed by atoms with E-state index in [2.05, 4.69) is 42.2 Å². The number of rotatable bonds is 6. The first-order valence-corrected chi connectivity index (χ1v) is 9.73. The van der Waals surface area contributed by atoms with E-state index >= 15 is 0 Å². The fourth-order valence-electron chi connectivity index (χ4n) is 3.50. The number of anilines is 3. The van der Waals surface area contributed by atoms with E-state index < -0.39 is 0 Å². The van der Waals surface area contributed by atoms with E-state index in [-0.39, 0.29) is 29.3 Å². The number of methoxy groups -OCH3 is 1. The molecule has 0 radical (unpaired) electrons. The highest BCUT2D eigenvalue weighted by molar-refractivity contribution is 5.97. The Kier molecular flexibility index (Phi) is 5.61. The number of ether oxygens (including phenoxy) is 1. The zero-order chi connectivity index (χ0) is 21.8. The number of amides is 1. The number of hydrogen-bond donors (Lipinski definition) is 2. The van der Waals surface area contributed by atoms with Gasteiger partial charge in [-0.2, -0.15) is 19.7 Å². The van der Waals surface area contributed by atoms with Gasteiger partial charge < -0.3 is 15.0 Å². The molecule has 31 heavy (non-hydrogen) atoms. The average molecular weight is 419 g/mol. The highest BCUT2D eigenvalue weighted by atomic mass is 16.5. The summed E-state index contributed by atoms with van der Waals surface area (Å²) in [5.74, 6) is 1.39. The van der Waals surface area contributed by atoms with E-state index in [0.717, 1.165) is 25.2 Å². The zero-order valence-electron chi connectivity index (χ0n) is 16.9. The Balaban J connectivity index is 1.53. The van der Waals surface area contributed by atoms with Gasteiger partial charge in [-0.3, -0.25) is 10.1 Å². The summed E-state index contributed by atoms with van der Waals surface area (Å²) in [6.07, 6.45) is 4.52. The number of fused-ring (bicyclic) bond motifs is 1. The number of nitrogens with one attached hydrogen (secondary N) is 2. The van der Waals surface area contributed by atoms with Crippen molar-refractivity contribution in [2.45, 2.75) is 18.9 Å². The van der Waals surface area contributed by atoms with Gasteiger partial charge in [0.15, 0.2) is 5.65 Å². The predicted octanol–water partition coefficient (Wildman–Crippen LogP) is 1.60. The summed E-state index contributed by atoms with van der Waals surface area (Å²) in [5, 5.41) is 19.4. The van der Waals surface area contributed by atoms with Crippen LogP contribution in [0.1, 0.15) is 18.4 Å². The lowest BCUT2D eigenvalue weighted by atomic mass is 10.1. The third-order valence-electron chi connectivity index (χ3n) is 4.91. The molecule has 3 aromatic rings. The van der Waals surface area contributed by atoms with Gasteiger partial charge in [0.1, 0.15) is 17.5 Å². The molecule has 1 saturated heterocycles. The van der Waals surface area contributed by atoms with Gasteiger partial charge in [-0.25, -0.2) is 4.98 Å². The molecule has 1 aliphatic heterocycles. The Labute approximate surface area is 178 Å². The van der Waals surface area contributed by atoms with Crippen LogP contribution in [0, 0.1) is 11.3 Å². The van der Waals surface area contributed by atoms with Crippen molar-refractivity contribution in [1.29, 1.82) is 5.26 Å². The molecule has 11 nitrogen and oxygen atoms in total. The van der Waals surface area contributed by atoms with Crippen LogP contribution in [0.2, 0.25) is 0 Å². The molecule has 0 aromatic carbocycles. The highest BCUT2D eigenvalue weighted by Crippen LogP contribution is 2.23. The number of carbonyl (C=O) groups excluding carboxylic acids is 1. The van der Waals surface area contributed by atoms with Gasteiger partial charge in [0.2, 0.25) is 23.7 Å². The fourth-order valence-corrected chi connectivity index (χ4v) is 3.50. The summed E-state index contributed by atoms with van der Waals surface area (Å²) < 4.78 is 6.87. The van der Waals surface area contributed by atoms with Gasteiger partial charge in [0.05, 0.1) is 13.3 Å². The maximum atomic E-state index is 11.6. The van der Waals surface area contributed by atoms with Crippen LogP contribution in [-0.2, 0) is 4.79 Å². The van der Waals surface area contributed by atoms with Crippen molar-refractivity contribution in [3.8, 4) is 11.9 Å². The first-order valence-electron chi connectivity index (χ1n) is 9.73. The number of nitrogens with zero attached hydrogens (tertiary/aromatic N) is 7. The predicted molar refractivity (Wildman–Crippen MR) is 114 cm³/mol. The minimum Gasteiger partial charge on any atom is -0.480 e. The lowest BCUT2D eigenvalue weighted by molar-refractivity contribution is -0.111. The number of piperidine rings is 1. The Morgan fingerprint density at radius 2 is 2.26 bits per heavy atom. The van der Waals surface area contributed by atoms with Gasteiger partial charge in [-0.05, 0) is 31.1 Å². The van der Waals surface area contributed by atoms with Crippen molar-refractivity contribution in [3.63, 3.8) is 0 Å². The molecule has 158 valence electrons. The first-order chi connectivity index (χ1) is 15.1. The maximum Gasteiger partial charge on any atom is 0.250 e. The quantitative estimate of drug-likeness (QED) is 0.571. The van der Waals surface area contributed by atoms with E-state index in [1.54, 1.807) is 4.52 Å². The Morgan fingerprint density at radius 3 is 3.03 bits per heavy atom. The van der Waals surface area contributed by atoms with Crippen LogP contribution in [0.15, 0.2) is 37.1 Å². The van der Waals surface area contributed by atoms with Gasteiger partial charge in [-0.1, -0.05) is 12.6 Å². The second-order valence-electron chi connectivity index (χ2n) is 6.94. The molecule has 2 N–H and O–H groups in total. The van der Waals surface area contributed by atoms with Crippen LogP contribution in [0.3, 0.4) is 0 Å². The lowest BCUT2D eigenvalue weighted by Gasteiger charge is -2.34. The Bertz CT molecular complexity index is 1170.